The van der Waals surface area contributed by atoms with Gasteiger partial charge in [0, 0.05) is 36.0 Å². The minimum atomic E-state index is -1.78. The first-order valence-electron chi connectivity index (χ1n) is 23.0. The van der Waals surface area contributed by atoms with E-state index in [4.69, 9.17) is 47.4 Å². The first kappa shape index (κ1) is 55.7. The molecular weight excluding hydrogens is 957 g/mol. The summed E-state index contributed by atoms with van der Waals surface area (Å²) < 4.78 is 55.7. The normalized spacial score (nSPS) is 31.6. The van der Waals surface area contributed by atoms with Crippen LogP contribution in [0.2, 0.25) is 0 Å². The summed E-state index contributed by atoms with van der Waals surface area (Å²) in [6.07, 6.45) is -14.1. The molecule has 6 rings (SSSR count). The van der Waals surface area contributed by atoms with Crippen molar-refractivity contribution in [2.75, 3.05) is 33.5 Å². The van der Waals surface area contributed by atoms with E-state index < -0.39 is 136 Å². The van der Waals surface area contributed by atoms with Crippen LogP contribution in [0.3, 0.4) is 0 Å². The van der Waals surface area contributed by atoms with Gasteiger partial charge in [0.25, 0.3) is 0 Å². The smallest absolute Gasteiger partial charge is 0.337 e. The minimum Gasteiger partial charge on any atom is -0.468 e. The average molecular weight is 1020 g/mol. The maximum atomic E-state index is 13.7. The van der Waals surface area contributed by atoms with Crippen LogP contribution < -0.4 is 9.47 Å². The number of carbonyl (C=O) groups excluding carboxylic acids is 4. The Hall–Kier alpha value is -5.64. The fourth-order valence-corrected chi connectivity index (χ4v) is 8.33. The molecule has 9 N–H and O–H groups in total. The Morgan fingerprint density at radius 3 is 1.38 bits per heavy atom. The first-order valence-corrected chi connectivity index (χ1v) is 23.0. The second-order valence-electron chi connectivity index (χ2n) is 16.9. The number of hydrogen-bond donors (Lipinski definition) is 9. The van der Waals surface area contributed by atoms with Gasteiger partial charge >= 0.3 is 23.9 Å². The van der Waals surface area contributed by atoms with Crippen molar-refractivity contribution in [2.24, 2.45) is 11.8 Å². The number of esters is 4. The second kappa shape index (κ2) is 25.8. The Balaban J connectivity index is 1.09. The van der Waals surface area contributed by atoms with Crippen LogP contribution in [-0.2, 0) is 69.9 Å². The summed E-state index contributed by atoms with van der Waals surface area (Å²) in [5.41, 5.74) is 1.72. The molecule has 4 aliphatic heterocycles. The number of ether oxygens (including phenoxy) is 10. The Morgan fingerprint density at radius 2 is 0.986 bits per heavy atom. The zero-order chi connectivity index (χ0) is 52.2. The molecule has 0 bridgehead atoms. The lowest BCUT2D eigenvalue weighted by molar-refractivity contribution is -0.327. The van der Waals surface area contributed by atoms with Gasteiger partial charge in [-0.05, 0) is 55.7 Å². The molecule has 14 atom stereocenters. The maximum Gasteiger partial charge on any atom is 0.337 e. The quantitative estimate of drug-likeness (QED) is 0.0463. The molecule has 2 aromatic carbocycles. The summed E-state index contributed by atoms with van der Waals surface area (Å²) in [5, 5.41) is 90.7. The van der Waals surface area contributed by atoms with Crippen molar-refractivity contribution in [3.8, 4) is 11.5 Å². The number of benzene rings is 2. The largest absolute Gasteiger partial charge is 0.468 e. The zero-order valence-corrected chi connectivity index (χ0v) is 39.4. The van der Waals surface area contributed by atoms with Crippen LogP contribution in [0.4, 0.5) is 0 Å². The van der Waals surface area contributed by atoms with Gasteiger partial charge in [0.1, 0.15) is 60.3 Å². The van der Waals surface area contributed by atoms with Crippen LogP contribution in [0.1, 0.15) is 37.8 Å². The van der Waals surface area contributed by atoms with Gasteiger partial charge < -0.3 is 93.3 Å². The molecule has 4 heterocycles. The van der Waals surface area contributed by atoms with Crippen molar-refractivity contribution >= 4 is 23.9 Å². The van der Waals surface area contributed by atoms with Crippen molar-refractivity contribution in [2.45, 2.75) is 114 Å². The van der Waals surface area contributed by atoms with Gasteiger partial charge in [0.15, 0.2) is 12.6 Å². The number of carbonyl (C=O) groups is 4. The lowest BCUT2D eigenvalue weighted by atomic mass is 9.86. The summed E-state index contributed by atoms with van der Waals surface area (Å²) in [5.74, 6) is -5.03. The molecule has 23 heteroatoms. The number of aliphatic hydroxyl groups is 9. The highest BCUT2D eigenvalue weighted by atomic mass is 16.8. The van der Waals surface area contributed by atoms with Crippen molar-refractivity contribution in [1.29, 1.82) is 0 Å². The SMILES string of the molecule is CC=C1[C@@H](O[C@@H]2O[C@H](CO)[C@@H](O)[C@H](O)[C@H]2O)OC=C(C(=O)OCCc2ccc(OC(=O)C[C@H]3C(C(=O)OC)=CO[C@H](O[C@H]4O[C@@H](CO)[C@H](O)[C@H](O)[C@H]4O)C3=CC)cc2)[C@@H]1CC(=O)Oc1ccc(CCO)cc1. The molecule has 0 spiro atoms. The average Bonchev–Trinajstić information content (AvgIpc) is 3.37. The lowest BCUT2D eigenvalue weighted by Gasteiger charge is -2.41. The Morgan fingerprint density at radius 1 is 0.569 bits per heavy atom. The topological polar surface area (TPSA) is 343 Å². The van der Waals surface area contributed by atoms with E-state index >= 15 is 0 Å². The molecule has 0 unspecified atom stereocenters. The lowest BCUT2D eigenvalue weighted by Crippen LogP contribution is -2.60. The summed E-state index contributed by atoms with van der Waals surface area (Å²) in [6, 6.07) is 12.7. The zero-order valence-electron chi connectivity index (χ0n) is 39.4. The third kappa shape index (κ3) is 13.3. The third-order valence-corrected chi connectivity index (χ3v) is 12.3. The van der Waals surface area contributed by atoms with Crippen LogP contribution >= 0.6 is 0 Å². The van der Waals surface area contributed by atoms with Gasteiger partial charge in [-0.15, -0.1) is 0 Å². The molecule has 72 heavy (non-hydrogen) atoms. The minimum absolute atomic E-state index is 0.0628. The molecular formula is C49H60O23. The maximum absolute atomic E-state index is 13.7. The van der Waals surface area contributed by atoms with E-state index in [0.29, 0.717) is 12.0 Å². The standard InChI is InChI=1S/C49H60O23/c1-4-28-30(32(44(61)63-3)22-65-46(28)71-48-42(59)40(57)38(55)34(20-51)69-48)18-36(53)68-27-12-8-25(9-13-27)15-17-64-45(62)33-23-66-47(72-49-43(60)41(58)39(56)35(21-52)70-49)29(5-2)31(33)19-37(54)67-26-10-6-24(7-11-26)14-16-50/h4-13,22-23,30-31,34-35,38-43,46-52,55-60H,14-21H2,1-3H3/t30-,31-,34+,35-,38+,39-,40+,41+,42-,43-,46-,47-,48-,49+/m1/s1. The third-order valence-electron chi connectivity index (χ3n) is 12.3. The highest BCUT2D eigenvalue weighted by molar-refractivity contribution is 5.91. The van der Waals surface area contributed by atoms with Gasteiger partial charge in [-0.25, -0.2) is 9.59 Å². The van der Waals surface area contributed by atoms with Gasteiger partial charge in [-0.1, -0.05) is 36.4 Å². The summed E-state index contributed by atoms with van der Waals surface area (Å²) >= 11 is 0. The highest BCUT2D eigenvalue weighted by Gasteiger charge is 2.49. The summed E-state index contributed by atoms with van der Waals surface area (Å²) in [6.45, 7) is 1.49. The number of allylic oxidation sites excluding steroid dienone is 2. The van der Waals surface area contributed by atoms with Gasteiger partial charge in [-0.3, -0.25) is 9.59 Å². The molecule has 0 saturated carbocycles. The van der Waals surface area contributed by atoms with Crippen molar-refractivity contribution < 1.29 is 113 Å². The van der Waals surface area contributed by atoms with E-state index in [1.807, 2.05) is 0 Å². The van der Waals surface area contributed by atoms with Gasteiger partial charge in [0.2, 0.25) is 12.6 Å². The summed E-state index contributed by atoms with van der Waals surface area (Å²) in [7, 11) is 1.14. The van der Waals surface area contributed by atoms with Crippen LogP contribution in [0.5, 0.6) is 11.5 Å². The Kier molecular flexibility index (Phi) is 20.0. The Bertz CT molecular complexity index is 2290. The fourth-order valence-electron chi connectivity index (χ4n) is 8.33. The van der Waals surface area contributed by atoms with Crippen molar-refractivity contribution in [1.82, 2.24) is 0 Å². The first-order chi connectivity index (χ1) is 34.5. The van der Waals surface area contributed by atoms with Crippen LogP contribution in [0.15, 0.2) is 95.5 Å². The monoisotopic (exact) mass is 1020 g/mol. The number of methoxy groups -OCH3 is 1. The van der Waals surface area contributed by atoms with Gasteiger partial charge in [-0.2, -0.15) is 0 Å². The molecule has 0 aliphatic carbocycles. The predicted octanol–water partition coefficient (Wildman–Crippen LogP) is -0.990. The van der Waals surface area contributed by atoms with E-state index in [2.05, 4.69) is 0 Å². The van der Waals surface area contributed by atoms with Crippen LogP contribution in [0.25, 0.3) is 0 Å². The van der Waals surface area contributed by atoms with Crippen molar-refractivity contribution in [3.05, 3.63) is 107 Å². The molecule has 4 aliphatic rings. The molecule has 0 aromatic heterocycles. The molecule has 0 radical (unpaired) electrons. The van der Waals surface area contributed by atoms with Crippen molar-refractivity contribution in [3.63, 3.8) is 0 Å². The fraction of sp³-hybridized carbons (Fsp3) is 0.510. The predicted molar refractivity (Wildman–Crippen MR) is 241 cm³/mol. The number of aliphatic hydroxyl groups excluding tert-OH is 9. The molecule has 2 aromatic rings. The van der Waals surface area contributed by atoms with E-state index in [1.165, 1.54) is 24.3 Å². The van der Waals surface area contributed by atoms with E-state index in [0.717, 1.165) is 25.2 Å². The second-order valence-corrected chi connectivity index (χ2v) is 16.9. The van der Waals surface area contributed by atoms with Crippen LogP contribution in [0, 0.1) is 11.8 Å². The number of rotatable bonds is 19. The molecule has 394 valence electrons. The Labute approximate surface area is 412 Å². The van der Waals surface area contributed by atoms with E-state index in [-0.39, 0.29) is 53.4 Å². The summed E-state index contributed by atoms with van der Waals surface area (Å²) in [4.78, 5) is 53.4. The molecule has 0 amide bonds. The highest BCUT2D eigenvalue weighted by Crippen LogP contribution is 2.38. The van der Waals surface area contributed by atoms with Crippen LogP contribution in [-0.4, -0.2) is 177 Å². The molecule has 2 saturated heterocycles. The number of hydrogen-bond acceptors (Lipinski definition) is 23. The van der Waals surface area contributed by atoms with E-state index in [9.17, 15) is 65.1 Å². The molecule has 2 fully saturated rings. The van der Waals surface area contributed by atoms with E-state index in [1.54, 1.807) is 50.2 Å². The van der Waals surface area contributed by atoms with Gasteiger partial charge in [0.05, 0.1) is 63.4 Å². The molecule has 23 nitrogen and oxygen atoms in total.